The molecule has 2 N–H and O–H groups in total. The molecule has 2 aromatic carbocycles. The van der Waals surface area contributed by atoms with E-state index in [9.17, 15) is 9.59 Å². The lowest BCUT2D eigenvalue weighted by molar-refractivity contribution is -0.141. The zero-order chi connectivity index (χ0) is 18.9. The van der Waals surface area contributed by atoms with Gasteiger partial charge in [0.25, 0.3) is 0 Å². The number of nitrogens with one attached hydrogen (secondary N) is 1. The van der Waals surface area contributed by atoms with Crippen LogP contribution < -0.4 is 5.32 Å². The molecular formula is C21H26N2O3. The third kappa shape index (κ3) is 5.92. The van der Waals surface area contributed by atoms with Crippen LogP contribution in [0.2, 0.25) is 0 Å². The molecule has 0 fully saturated rings. The lowest BCUT2D eigenvalue weighted by Gasteiger charge is -2.25. The predicted molar refractivity (Wildman–Crippen MR) is 102 cm³/mol. The SMILES string of the molecule is CC(CN(C)C(=O)NC(CCc1ccccc1)c1ccccc1)C(=O)O. The molecule has 0 aliphatic carbocycles. The normalized spacial score (nSPS) is 12.8. The Balaban J connectivity index is 2.04. The van der Waals surface area contributed by atoms with Crippen LogP contribution in [0.3, 0.4) is 0 Å². The molecule has 2 atom stereocenters. The Morgan fingerprint density at radius 1 is 1.04 bits per heavy atom. The van der Waals surface area contributed by atoms with Crippen LogP contribution in [0.25, 0.3) is 0 Å². The molecule has 0 radical (unpaired) electrons. The summed E-state index contributed by atoms with van der Waals surface area (Å²) in [5, 5.41) is 12.1. The van der Waals surface area contributed by atoms with Gasteiger partial charge in [0.05, 0.1) is 12.0 Å². The van der Waals surface area contributed by atoms with Crippen molar-refractivity contribution in [2.75, 3.05) is 13.6 Å². The van der Waals surface area contributed by atoms with Crippen LogP contribution in [0.4, 0.5) is 4.79 Å². The Kier molecular flexibility index (Phi) is 7.21. The monoisotopic (exact) mass is 354 g/mol. The summed E-state index contributed by atoms with van der Waals surface area (Å²) in [7, 11) is 1.62. The maximum absolute atomic E-state index is 12.5. The number of rotatable bonds is 8. The van der Waals surface area contributed by atoms with Crippen molar-refractivity contribution in [3.05, 3.63) is 71.8 Å². The fourth-order valence-corrected chi connectivity index (χ4v) is 2.79. The Bertz CT molecular complexity index is 704. The molecule has 0 saturated carbocycles. The van der Waals surface area contributed by atoms with Gasteiger partial charge in [-0.2, -0.15) is 0 Å². The van der Waals surface area contributed by atoms with Crippen molar-refractivity contribution in [2.24, 2.45) is 5.92 Å². The van der Waals surface area contributed by atoms with E-state index < -0.39 is 11.9 Å². The van der Waals surface area contributed by atoms with Crippen LogP contribution >= 0.6 is 0 Å². The number of urea groups is 1. The minimum atomic E-state index is -0.909. The topological polar surface area (TPSA) is 69.6 Å². The van der Waals surface area contributed by atoms with E-state index in [0.717, 1.165) is 18.4 Å². The van der Waals surface area contributed by atoms with Crippen molar-refractivity contribution in [1.82, 2.24) is 10.2 Å². The number of aryl methyl sites for hydroxylation is 1. The van der Waals surface area contributed by atoms with Crippen LogP contribution in [-0.2, 0) is 11.2 Å². The van der Waals surface area contributed by atoms with Crippen molar-refractivity contribution in [3.63, 3.8) is 0 Å². The number of carbonyl (C=O) groups is 2. The Morgan fingerprint density at radius 3 is 2.19 bits per heavy atom. The molecule has 0 aliphatic heterocycles. The van der Waals surface area contributed by atoms with Crippen molar-refractivity contribution in [2.45, 2.75) is 25.8 Å². The summed E-state index contributed by atoms with van der Waals surface area (Å²) in [6, 6.07) is 19.6. The van der Waals surface area contributed by atoms with Crippen LogP contribution in [0.15, 0.2) is 60.7 Å². The highest BCUT2D eigenvalue weighted by Crippen LogP contribution is 2.19. The summed E-state index contributed by atoms with van der Waals surface area (Å²) in [6.45, 7) is 1.76. The van der Waals surface area contributed by atoms with Crippen LogP contribution in [0.1, 0.15) is 30.5 Å². The third-order valence-corrected chi connectivity index (χ3v) is 4.38. The first kappa shape index (κ1) is 19.5. The van der Waals surface area contributed by atoms with Gasteiger partial charge in [0, 0.05) is 13.6 Å². The summed E-state index contributed by atoms with van der Waals surface area (Å²) < 4.78 is 0. The molecule has 0 aliphatic rings. The molecule has 0 heterocycles. The van der Waals surface area contributed by atoms with Gasteiger partial charge in [0.1, 0.15) is 0 Å². The van der Waals surface area contributed by atoms with Crippen molar-refractivity contribution < 1.29 is 14.7 Å². The number of carboxylic acid groups (broad SMARTS) is 1. The molecule has 2 rings (SSSR count). The highest BCUT2D eigenvalue weighted by Gasteiger charge is 2.20. The average Bonchev–Trinajstić information content (AvgIpc) is 2.66. The summed E-state index contributed by atoms with van der Waals surface area (Å²) in [5.41, 5.74) is 2.26. The van der Waals surface area contributed by atoms with Crippen LogP contribution in [0.5, 0.6) is 0 Å². The van der Waals surface area contributed by atoms with E-state index in [4.69, 9.17) is 5.11 Å². The summed E-state index contributed by atoms with van der Waals surface area (Å²) >= 11 is 0. The second-order valence-electron chi connectivity index (χ2n) is 6.56. The maximum Gasteiger partial charge on any atom is 0.317 e. The molecule has 2 unspecified atom stereocenters. The van der Waals surface area contributed by atoms with Crippen LogP contribution in [0, 0.1) is 5.92 Å². The molecule has 0 bridgehead atoms. The van der Waals surface area contributed by atoms with Gasteiger partial charge in [-0.3, -0.25) is 4.79 Å². The number of carboxylic acids is 1. The number of amides is 2. The van der Waals surface area contributed by atoms with Gasteiger partial charge in [0.2, 0.25) is 0 Å². The zero-order valence-corrected chi connectivity index (χ0v) is 15.3. The fourth-order valence-electron chi connectivity index (χ4n) is 2.79. The van der Waals surface area contributed by atoms with Crippen LogP contribution in [-0.4, -0.2) is 35.6 Å². The van der Waals surface area contributed by atoms with E-state index in [2.05, 4.69) is 17.4 Å². The molecule has 5 nitrogen and oxygen atoms in total. The molecule has 0 aromatic heterocycles. The molecule has 26 heavy (non-hydrogen) atoms. The van der Waals surface area contributed by atoms with Gasteiger partial charge in [-0.05, 0) is 24.0 Å². The van der Waals surface area contributed by atoms with Crippen molar-refractivity contribution >= 4 is 12.0 Å². The number of carbonyl (C=O) groups excluding carboxylic acids is 1. The maximum atomic E-state index is 12.5. The Labute approximate surface area is 154 Å². The molecule has 5 heteroatoms. The van der Waals surface area contributed by atoms with E-state index in [1.807, 2.05) is 48.5 Å². The minimum absolute atomic E-state index is 0.133. The van der Waals surface area contributed by atoms with E-state index in [1.54, 1.807) is 14.0 Å². The standard InChI is InChI=1S/C21H26N2O3/c1-16(20(24)25)15-23(2)21(26)22-19(18-11-7-4-8-12-18)14-13-17-9-5-3-6-10-17/h3-12,16,19H,13-15H2,1-2H3,(H,22,26)(H,24,25). The first-order chi connectivity index (χ1) is 12.5. The summed E-state index contributed by atoms with van der Waals surface area (Å²) in [4.78, 5) is 24.9. The smallest absolute Gasteiger partial charge is 0.317 e. The number of benzene rings is 2. The van der Waals surface area contributed by atoms with Gasteiger partial charge in [-0.25, -0.2) is 4.79 Å². The van der Waals surface area contributed by atoms with Gasteiger partial charge >= 0.3 is 12.0 Å². The average molecular weight is 354 g/mol. The zero-order valence-electron chi connectivity index (χ0n) is 15.3. The first-order valence-corrected chi connectivity index (χ1v) is 8.80. The van der Waals surface area contributed by atoms with E-state index >= 15 is 0 Å². The summed E-state index contributed by atoms with van der Waals surface area (Å²) in [5.74, 6) is -1.52. The van der Waals surface area contributed by atoms with E-state index in [0.29, 0.717) is 0 Å². The molecule has 138 valence electrons. The van der Waals surface area contributed by atoms with Crippen molar-refractivity contribution in [1.29, 1.82) is 0 Å². The molecular weight excluding hydrogens is 328 g/mol. The number of aliphatic carboxylic acids is 1. The molecule has 0 saturated heterocycles. The number of nitrogens with zero attached hydrogens (tertiary/aromatic N) is 1. The van der Waals surface area contributed by atoms with Crippen molar-refractivity contribution in [3.8, 4) is 0 Å². The van der Waals surface area contributed by atoms with Gasteiger partial charge < -0.3 is 15.3 Å². The fraction of sp³-hybridized carbons (Fsp3) is 0.333. The highest BCUT2D eigenvalue weighted by molar-refractivity contribution is 5.76. The Morgan fingerprint density at radius 2 is 1.62 bits per heavy atom. The van der Waals surface area contributed by atoms with E-state index in [1.165, 1.54) is 10.5 Å². The second kappa shape index (κ2) is 9.61. The lowest BCUT2D eigenvalue weighted by Crippen LogP contribution is -2.42. The van der Waals surface area contributed by atoms with Gasteiger partial charge in [0.15, 0.2) is 0 Å². The molecule has 2 amide bonds. The third-order valence-electron chi connectivity index (χ3n) is 4.38. The number of hydrogen-bond acceptors (Lipinski definition) is 2. The van der Waals surface area contributed by atoms with Gasteiger partial charge in [-0.1, -0.05) is 67.6 Å². The van der Waals surface area contributed by atoms with Gasteiger partial charge in [-0.15, -0.1) is 0 Å². The minimum Gasteiger partial charge on any atom is -0.481 e. The molecule has 2 aromatic rings. The quantitative estimate of drug-likeness (QED) is 0.759. The predicted octanol–water partition coefficient (Wildman–Crippen LogP) is 3.72. The van der Waals surface area contributed by atoms with E-state index in [-0.39, 0.29) is 18.6 Å². The number of hydrogen-bond donors (Lipinski definition) is 2. The summed E-state index contributed by atoms with van der Waals surface area (Å²) in [6.07, 6.45) is 1.61. The lowest BCUT2D eigenvalue weighted by atomic mass is 9.99. The largest absolute Gasteiger partial charge is 0.481 e. The first-order valence-electron chi connectivity index (χ1n) is 8.80. The molecule has 0 spiro atoms. The second-order valence-corrected chi connectivity index (χ2v) is 6.56. The highest BCUT2D eigenvalue weighted by atomic mass is 16.4. The Hall–Kier alpha value is -2.82.